The predicted molar refractivity (Wildman–Crippen MR) is 111 cm³/mol. The van der Waals surface area contributed by atoms with Gasteiger partial charge in [0, 0.05) is 31.6 Å². The van der Waals surface area contributed by atoms with Crippen LogP contribution in [0.4, 0.5) is 5.69 Å². The van der Waals surface area contributed by atoms with Gasteiger partial charge in [0.2, 0.25) is 5.91 Å². The fourth-order valence-electron chi connectivity index (χ4n) is 3.49. The third kappa shape index (κ3) is 4.70. The molecule has 2 heterocycles. The summed E-state index contributed by atoms with van der Waals surface area (Å²) in [6, 6.07) is 15.5. The lowest BCUT2D eigenvalue weighted by atomic mass is 10.1. The standard InChI is InChI=1S/C22H26N4O2/c1-26-14-12-18(13-15-26)28-17-8-6-16(7-9-17)23-22(27)11-10-21-24-19-4-2-3-5-20(19)25-21/h2-9,18H,10-15H2,1H3,(H,23,27)(H,24,25). The van der Waals surface area contributed by atoms with Gasteiger partial charge in [-0.3, -0.25) is 4.79 Å². The molecule has 0 unspecified atom stereocenters. The average Bonchev–Trinajstić information content (AvgIpc) is 3.13. The van der Waals surface area contributed by atoms with Crippen molar-refractivity contribution >= 4 is 22.6 Å². The number of aryl methyl sites for hydroxylation is 1. The van der Waals surface area contributed by atoms with Gasteiger partial charge in [0.25, 0.3) is 0 Å². The highest BCUT2D eigenvalue weighted by Crippen LogP contribution is 2.21. The first-order valence-corrected chi connectivity index (χ1v) is 9.84. The Morgan fingerprint density at radius 2 is 1.93 bits per heavy atom. The van der Waals surface area contributed by atoms with E-state index in [1.807, 2.05) is 48.5 Å². The lowest BCUT2D eigenvalue weighted by Crippen LogP contribution is -2.35. The number of aromatic amines is 1. The van der Waals surface area contributed by atoms with Crippen LogP contribution in [0.5, 0.6) is 5.75 Å². The smallest absolute Gasteiger partial charge is 0.224 e. The predicted octanol–water partition coefficient (Wildman–Crippen LogP) is 3.61. The summed E-state index contributed by atoms with van der Waals surface area (Å²) >= 11 is 0. The van der Waals surface area contributed by atoms with E-state index in [0.717, 1.165) is 54.2 Å². The largest absolute Gasteiger partial charge is 0.490 e. The molecule has 1 fully saturated rings. The monoisotopic (exact) mass is 378 g/mol. The number of benzene rings is 2. The van der Waals surface area contributed by atoms with Gasteiger partial charge in [-0.2, -0.15) is 0 Å². The minimum Gasteiger partial charge on any atom is -0.490 e. The first-order valence-electron chi connectivity index (χ1n) is 9.84. The number of hydrogen-bond donors (Lipinski definition) is 2. The first-order chi connectivity index (χ1) is 13.7. The molecule has 1 saturated heterocycles. The van der Waals surface area contributed by atoms with Crippen LogP contribution in [0, 0.1) is 0 Å². The highest BCUT2D eigenvalue weighted by molar-refractivity contribution is 5.90. The zero-order valence-corrected chi connectivity index (χ0v) is 16.1. The molecular weight excluding hydrogens is 352 g/mol. The molecule has 28 heavy (non-hydrogen) atoms. The number of imidazole rings is 1. The van der Waals surface area contributed by atoms with Crippen LogP contribution in [-0.2, 0) is 11.2 Å². The molecule has 0 saturated carbocycles. The van der Waals surface area contributed by atoms with E-state index in [9.17, 15) is 4.79 Å². The molecule has 2 N–H and O–H groups in total. The Morgan fingerprint density at radius 3 is 2.68 bits per heavy atom. The van der Waals surface area contributed by atoms with Crippen molar-refractivity contribution in [1.82, 2.24) is 14.9 Å². The molecule has 2 aromatic carbocycles. The Morgan fingerprint density at radius 1 is 1.18 bits per heavy atom. The number of H-pyrrole nitrogens is 1. The van der Waals surface area contributed by atoms with Crippen LogP contribution in [0.15, 0.2) is 48.5 Å². The van der Waals surface area contributed by atoms with Crippen molar-refractivity contribution in [2.45, 2.75) is 31.8 Å². The van der Waals surface area contributed by atoms with E-state index < -0.39 is 0 Å². The van der Waals surface area contributed by atoms with Gasteiger partial charge in [-0.15, -0.1) is 0 Å². The summed E-state index contributed by atoms with van der Waals surface area (Å²) in [6.07, 6.45) is 3.35. The van der Waals surface area contributed by atoms with E-state index in [4.69, 9.17) is 4.74 Å². The normalized spacial score (nSPS) is 15.6. The minimum atomic E-state index is -0.0237. The Balaban J connectivity index is 1.26. The van der Waals surface area contributed by atoms with Crippen LogP contribution in [0.25, 0.3) is 11.0 Å². The number of ether oxygens (including phenoxy) is 1. The van der Waals surface area contributed by atoms with Crippen molar-refractivity contribution in [3.05, 3.63) is 54.4 Å². The van der Waals surface area contributed by atoms with Crippen molar-refractivity contribution in [2.24, 2.45) is 0 Å². The van der Waals surface area contributed by atoms with Crippen LogP contribution < -0.4 is 10.1 Å². The van der Waals surface area contributed by atoms with E-state index in [2.05, 4.69) is 27.2 Å². The van der Waals surface area contributed by atoms with Crippen LogP contribution >= 0.6 is 0 Å². The number of amides is 1. The summed E-state index contributed by atoms with van der Waals surface area (Å²) in [6.45, 7) is 2.15. The SMILES string of the molecule is CN1CCC(Oc2ccc(NC(=O)CCc3nc4ccccc4[nH]3)cc2)CC1. The Kier molecular flexibility index (Phi) is 5.58. The number of rotatable bonds is 6. The van der Waals surface area contributed by atoms with Crippen molar-refractivity contribution in [2.75, 3.05) is 25.5 Å². The number of anilines is 1. The number of aromatic nitrogens is 2. The number of para-hydroxylation sites is 2. The van der Waals surface area contributed by atoms with Crippen molar-refractivity contribution in [3.63, 3.8) is 0 Å². The summed E-state index contributed by atoms with van der Waals surface area (Å²) in [7, 11) is 2.14. The number of nitrogens with zero attached hydrogens (tertiary/aromatic N) is 2. The third-order valence-electron chi connectivity index (χ3n) is 5.13. The van der Waals surface area contributed by atoms with Crippen molar-refractivity contribution in [3.8, 4) is 5.75 Å². The molecule has 0 aliphatic carbocycles. The molecule has 6 heteroatoms. The number of likely N-dealkylation sites (tertiary alicyclic amines) is 1. The number of nitrogens with one attached hydrogen (secondary N) is 2. The number of carbonyl (C=O) groups is 1. The summed E-state index contributed by atoms with van der Waals surface area (Å²) in [5, 5.41) is 2.94. The van der Waals surface area contributed by atoms with Crippen molar-refractivity contribution < 1.29 is 9.53 Å². The highest BCUT2D eigenvalue weighted by atomic mass is 16.5. The average molecular weight is 378 g/mol. The number of piperidine rings is 1. The minimum absolute atomic E-state index is 0.0237. The van der Waals surface area contributed by atoms with Crippen LogP contribution in [-0.4, -0.2) is 47.0 Å². The maximum atomic E-state index is 12.2. The zero-order chi connectivity index (χ0) is 19.3. The molecule has 1 aromatic heterocycles. The molecule has 146 valence electrons. The fourth-order valence-corrected chi connectivity index (χ4v) is 3.49. The third-order valence-corrected chi connectivity index (χ3v) is 5.13. The van der Waals surface area contributed by atoms with Crippen LogP contribution in [0.2, 0.25) is 0 Å². The fraction of sp³-hybridized carbons (Fsp3) is 0.364. The molecule has 0 atom stereocenters. The molecule has 1 aliphatic rings. The lowest BCUT2D eigenvalue weighted by molar-refractivity contribution is -0.116. The Bertz CT molecular complexity index is 894. The van der Waals surface area contributed by atoms with E-state index >= 15 is 0 Å². The van der Waals surface area contributed by atoms with Gasteiger partial charge >= 0.3 is 0 Å². The van der Waals surface area contributed by atoms with Gasteiger partial charge in [-0.1, -0.05) is 12.1 Å². The second kappa shape index (κ2) is 8.44. The number of hydrogen-bond acceptors (Lipinski definition) is 4. The van der Waals surface area contributed by atoms with Gasteiger partial charge in [-0.05, 0) is 56.3 Å². The molecular formula is C22H26N4O2. The van der Waals surface area contributed by atoms with E-state index in [1.165, 1.54) is 0 Å². The first kappa shape index (κ1) is 18.5. The zero-order valence-electron chi connectivity index (χ0n) is 16.1. The van der Waals surface area contributed by atoms with E-state index in [1.54, 1.807) is 0 Å². The molecule has 1 aliphatic heterocycles. The van der Waals surface area contributed by atoms with Crippen LogP contribution in [0.3, 0.4) is 0 Å². The topological polar surface area (TPSA) is 70.2 Å². The molecule has 0 radical (unpaired) electrons. The molecule has 6 nitrogen and oxygen atoms in total. The Labute approximate surface area is 164 Å². The maximum Gasteiger partial charge on any atom is 0.224 e. The van der Waals surface area contributed by atoms with Gasteiger partial charge in [0.05, 0.1) is 11.0 Å². The lowest BCUT2D eigenvalue weighted by Gasteiger charge is -2.29. The number of carbonyl (C=O) groups excluding carboxylic acids is 1. The highest BCUT2D eigenvalue weighted by Gasteiger charge is 2.17. The molecule has 3 aromatic rings. The molecule has 0 spiro atoms. The van der Waals surface area contributed by atoms with E-state index in [0.29, 0.717) is 12.8 Å². The summed E-state index contributed by atoms with van der Waals surface area (Å²) in [5.41, 5.74) is 2.71. The van der Waals surface area contributed by atoms with Gasteiger partial charge in [0.15, 0.2) is 0 Å². The summed E-state index contributed by atoms with van der Waals surface area (Å²) < 4.78 is 6.05. The Hall–Kier alpha value is -2.86. The van der Waals surface area contributed by atoms with Crippen molar-refractivity contribution in [1.29, 1.82) is 0 Å². The number of fused-ring (bicyclic) bond motifs is 1. The maximum absolute atomic E-state index is 12.2. The van der Waals surface area contributed by atoms with Gasteiger partial charge in [0.1, 0.15) is 17.7 Å². The van der Waals surface area contributed by atoms with E-state index in [-0.39, 0.29) is 12.0 Å². The van der Waals surface area contributed by atoms with Gasteiger partial charge < -0.3 is 19.9 Å². The molecule has 0 bridgehead atoms. The molecule has 1 amide bonds. The quantitative estimate of drug-likeness (QED) is 0.687. The molecule has 4 rings (SSSR count). The second-order valence-electron chi connectivity index (χ2n) is 7.39. The summed E-state index contributed by atoms with van der Waals surface area (Å²) in [4.78, 5) is 22.3. The van der Waals surface area contributed by atoms with Crippen LogP contribution in [0.1, 0.15) is 25.1 Å². The second-order valence-corrected chi connectivity index (χ2v) is 7.39. The summed E-state index contributed by atoms with van der Waals surface area (Å²) in [5.74, 6) is 1.66. The van der Waals surface area contributed by atoms with Gasteiger partial charge in [-0.25, -0.2) is 4.98 Å².